The Bertz CT molecular complexity index is 175. The minimum absolute atomic E-state index is 0.630. The van der Waals surface area contributed by atoms with Crippen LogP contribution < -0.4 is 0 Å². The van der Waals surface area contributed by atoms with E-state index in [1.807, 2.05) is 0 Å². The van der Waals surface area contributed by atoms with Crippen LogP contribution in [0.2, 0.25) is 0 Å². The molecular formula is C8H13ClO4. The molecule has 0 atom stereocenters. The lowest BCUT2D eigenvalue weighted by atomic mass is 10.4. The van der Waals surface area contributed by atoms with Gasteiger partial charge in [-0.25, -0.2) is 9.59 Å². The zero-order valence-electron chi connectivity index (χ0n) is 7.62. The van der Waals surface area contributed by atoms with Crippen LogP contribution in [0.3, 0.4) is 0 Å². The van der Waals surface area contributed by atoms with Gasteiger partial charge >= 0.3 is 11.9 Å². The molecule has 1 N–H and O–H groups in total. The minimum atomic E-state index is -1.22. The standard InChI is InChI=1S/C4H3ClO4.C4H10/c5-9-4(8)2-1-3(6)7;1-3-4-2/h1-2H,(H,6,7);3-4H2,1-2H3/b2-1+;. The van der Waals surface area contributed by atoms with Crippen molar-refractivity contribution in [1.29, 1.82) is 0 Å². The summed E-state index contributed by atoms with van der Waals surface area (Å²) in [7, 11) is 0. The number of hydrogen-bond acceptors (Lipinski definition) is 3. The van der Waals surface area contributed by atoms with E-state index in [0.717, 1.165) is 0 Å². The fraction of sp³-hybridized carbons (Fsp3) is 0.500. The molecule has 0 spiro atoms. The number of carboxylic acid groups (broad SMARTS) is 1. The van der Waals surface area contributed by atoms with Gasteiger partial charge in [-0.15, -0.1) is 0 Å². The molecule has 0 aromatic heterocycles. The molecular weight excluding hydrogens is 196 g/mol. The third-order valence-corrected chi connectivity index (χ3v) is 1.09. The summed E-state index contributed by atoms with van der Waals surface area (Å²) in [6, 6.07) is 0. The first-order valence-corrected chi connectivity index (χ1v) is 4.12. The molecule has 0 aromatic carbocycles. The predicted molar refractivity (Wildman–Crippen MR) is 49.3 cm³/mol. The summed E-state index contributed by atoms with van der Waals surface area (Å²) >= 11 is 4.54. The Morgan fingerprint density at radius 1 is 1.31 bits per heavy atom. The molecule has 0 unspecified atom stereocenters. The van der Waals surface area contributed by atoms with Gasteiger partial charge in [0.25, 0.3) is 0 Å². The summed E-state index contributed by atoms with van der Waals surface area (Å²) in [5.74, 6) is -2.13. The Morgan fingerprint density at radius 3 is 2.00 bits per heavy atom. The smallest absolute Gasteiger partial charge is 0.349 e. The quantitative estimate of drug-likeness (QED) is 0.722. The van der Waals surface area contributed by atoms with Gasteiger partial charge in [0.1, 0.15) is 11.9 Å². The van der Waals surface area contributed by atoms with E-state index in [0.29, 0.717) is 12.2 Å². The van der Waals surface area contributed by atoms with Gasteiger partial charge in [-0.2, -0.15) is 0 Å². The van der Waals surface area contributed by atoms with Crippen LogP contribution in [-0.2, 0) is 13.9 Å². The summed E-state index contributed by atoms with van der Waals surface area (Å²) in [5.41, 5.74) is 0. The van der Waals surface area contributed by atoms with Crippen molar-refractivity contribution in [2.45, 2.75) is 26.7 Å². The lowest BCUT2D eigenvalue weighted by Crippen LogP contribution is -1.93. The molecule has 0 heterocycles. The summed E-state index contributed by atoms with van der Waals surface area (Å²) in [4.78, 5) is 19.7. The van der Waals surface area contributed by atoms with Crippen molar-refractivity contribution in [2.75, 3.05) is 0 Å². The Labute approximate surface area is 82.3 Å². The average molecular weight is 209 g/mol. The number of unbranched alkanes of at least 4 members (excludes halogenated alkanes) is 1. The summed E-state index contributed by atoms with van der Waals surface area (Å²) < 4.78 is 3.58. The van der Waals surface area contributed by atoms with Crippen molar-refractivity contribution in [1.82, 2.24) is 0 Å². The van der Waals surface area contributed by atoms with Crippen LogP contribution >= 0.6 is 11.9 Å². The highest BCUT2D eigenvalue weighted by atomic mass is 35.5. The lowest BCUT2D eigenvalue weighted by molar-refractivity contribution is -0.133. The second kappa shape index (κ2) is 11.0. The van der Waals surface area contributed by atoms with Crippen LogP contribution in [0.5, 0.6) is 0 Å². The van der Waals surface area contributed by atoms with Crippen molar-refractivity contribution >= 4 is 23.8 Å². The molecule has 0 saturated carbocycles. The van der Waals surface area contributed by atoms with Gasteiger partial charge in [0.05, 0.1) is 0 Å². The van der Waals surface area contributed by atoms with E-state index in [1.165, 1.54) is 12.8 Å². The van der Waals surface area contributed by atoms with Crippen molar-refractivity contribution in [2.24, 2.45) is 0 Å². The maximum absolute atomic E-state index is 10.0. The first-order chi connectivity index (χ1) is 6.08. The minimum Gasteiger partial charge on any atom is -0.478 e. The second-order valence-corrected chi connectivity index (χ2v) is 2.22. The maximum Gasteiger partial charge on any atom is 0.349 e. The third kappa shape index (κ3) is 18.2. The highest BCUT2D eigenvalue weighted by Crippen LogP contribution is 1.83. The molecule has 0 bridgehead atoms. The maximum atomic E-state index is 10.0. The van der Waals surface area contributed by atoms with Crippen LogP contribution in [0.1, 0.15) is 26.7 Å². The monoisotopic (exact) mass is 208 g/mol. The highest BCUT2D eigenvalue weighted by molar-refractivity contribution is 6.15. The number of aliphatic carboxylic acids is 1. The molecule has 4 nitrogen and oxygen atoms in total. The molecule has 0 fully saturated rings. The summed E-state index contributed by atoms with van der Waals surface area (Å²) in [6.07, 6.45) is 3.97. The van der Waals surface area contributed by atoms with Crippen LogP contribution in [-0.4, -0.2) is 17.0 Å². The Kier molecular flexibility index (Phi) is 12.2. The molecule has 13 heavy (non-hydrogen) atoms. The molecule has 0 radical (unpaired) electrons. The van der Waals surface area contributed by atoms with Gasteiger partial charge in [-0.1, -0.05) is 26.7 Å². The SMILES string of the molecule is CCCC.O=C(O)/C=C/C(=O)OCl. The number of halogens is 1. The van der Waals surface area contributed by atoms with Crippen LogP contribution in [0, 0.1) is 0 Å². The van der Waals surface area contributed by atoms with Crippen molar-refractivity contribution in [3.05, 3.63) is 12.2 Å². The summed E-state index contributed by atoms with van der Waals surface area (Å²) in [6.45, 7) is 4.36. The number of carboxylic acids is 1. The molecule has 0 saturated heterocycles. The van der Waals surface area contributed by atoms with E-state index in [4.69, 9.17) is 5.11 Å². The first-order valence-electron chi connectivity index (χ1n) is 3.82. The Morgan fingerprint density at radius 2 is 1.77 bits per heavy atom. The number of rotatable bonds is 3. The normalized spacial score (nSPS) is 8.85. The van der Waals surface area contributed by atoms with E-state index in [-0.39, 0.29) is 0 Å². The highest BCUT2D eigenvalue weighted by Gasteiger charge is 1.93. The van der Waals surface area contributed by atoms with Gasteiger partial charge < -0.3 is 9.40 Å². The molecule has 0 aliphatic heterocycles. The van der Waals surface area contributed by atoms with Crippen LogP contribution in [0.25, 0.3) is 0 Å². The molecule has 0 aromatic rings. The van der Waals surface area contributed by atoms with Gasteiger partial charge in [0, 0.05) is 12.2 Å². The zero-order chi connectivity index (χ0) is 10.7. The van der Waals surface area contributed by atoms with E-state index in [9.17, 15) is 9.59 Å². The topological polar surface area (TPSA) is 63.6 Å². The second-order valence-electron chi connectivity index (χ2n) is 2.07. The Balaban J connectivity index is 0. The van der Waals surface area contributed by atoms with E-state index in [2.05, 4.69) is 30.0 Å². The van der Waals surface area contributed by atoms with Gasteiger partial charge in [0.2, 0.25) is 0 Å². The van der Waals surface area contributed by atoms with E-state index >= 15 is 0 Å². The van der Waals surface area contributed by atoms with Crippen molar-refractivity contribution in [3.8, 4) is 0 Å². The lowest BCUT2D eigenvalue weighted by Gasteiger charge is -1.81. The van der Waals surface area contributed by atoms with Gasteiger partial charge in [-0.3, -0.25) is 0 Å². The number of carbonyl (C=O) groups excluding carboxylic acids is 1. The summed E-state index contributed by atoms with van der Waals surface area (Å²) in [5, 5.41) is 7.92. The largest absolute Gasteiger partial charge is 0.478 e. The molecule has 0 rings (SSSR count). The Hall–Kier alpha value is -1.03. The van der Waals surface area contributed by atoms with Crippen LogP contribution in [0.4, 0.5) is 0 Å². The molecule has 0 amide bonds. The molecule has 5 heteroatoms. The zero-order valence-corrected chi connectivity index (χ0v) is 8.37. The van der Waals surface area contributed by atoms with Crippen molar-refractivity contribution < 1.29 is 19.0 Å². The van der Waals surface area contributed by atoms with Crippen LogP contribution in [0.15, 0.2) is 12.2 Å². The number of hydrogen-bond donors (Lipinski definition) is 1. The first kappa shape index (κ1) is 14.5. The predicted octanol–water partition coefficient (Wildman–Crippen LogP) is 2.13. The van der Waals surface area contributed by atoms with Gasteiger partial charge in [-0.05, 0) is 0 Å². The van der Waals surface area contributed by atoms with Crippen molar-refractivity contribution in [3.63, 3.8) is 0 Å². The van der Waals surface area contributed by atoms with E-state index < -0.39 is 11.9 Å². The van der Waals surface area contributed by atoms with E-state index in [1.54, 1.807) is 0 Å². The molecule has 0 aliphatic rings. The fourth-order valence-corrected chi connectivity index (χ4v) is 0.216. The molecule has 76 valence electrons. The third-order valence-electron chi connectivity index (χ3n) is 0.938. The molecule has 0 aliphatic carbocycles. The number of carbonyl (C=O) groups is 2. The van der Waals surface area contributed by atoms with Gasteiger partial charge in [0.15, 0.2) is 0 Å². The fourth-order valence-electron chi connectivity index (χ4n) is 0.165. The average Bonchev–Trinajstić information content (AvgIpc) is 2.14.